The molecule has 0 amide bonds. The predicted molar refractivity (Wildman–Crippen MR) is 75.0 cm³/mol. The van der Waals surface area contributed by atoms with E-state index in [1.54, 1.807) is 0 Å². The van der Waals surface area contributed by atoms with Gasteiger partial charge in [-0.05, 0) is 30.7 Å². The summed E-state index contributed by atoms with van der Waals surface area (Å²) in [5.74, 6) is -0.221. The van der Waals surface area contributed by atoms with Crippen LogP contribution in [0.25, 0.3) is 0 Å². The minimum Gasteiger partial charge on any atom is -0.504 e. The number of carbonyl (C=O) groups excluding carboxylic acids is 1. The Morgan fingerprint density at radius 3 is 2.50 bits per heavy atom. The highest BCUT2D eigenvalue weighted by Crippen LogP contribution is 2.26. The summed E-state index contributed by atoms with van der Waals surface area (Å²) in [7, 11) is 1.43. The molecule has 2 rings (SSSR count). The first-order valence-electron chi connectivity index (χ1n) is 6.20. The lowest BCUT2D eigenvalue weighted by Gasteiger charge is -2.07. The molecule has 2 aromatic rings. The maximum atomic E-state index is 11.9. The highest BCUT2D eigenvalue weighted by molar-refractivity contribution is 5.90. The van der Waals surface area contributed by atoms with E-state index in [-0.39, 0.29) is 18.1 Å². The fraction of sp³-hybridized carbons (Fsp3) is 0.188. The smallest absolute Gasteiger partial charge is 0.338 e. The summed E-state index contributed by atoms with van der Waals surface area (Å²) in [5, 5.41) is 9.47. The van der Waals surface area contributed by atoms with Crippen molar-refractivity contribution >= 4 is 5.97 Å². The third kappa shape index (κ3) is 3.29. The van der Waals surface area contributed by atoms with Gasteiger partial charge in [0.15, 0.2) is 11.5 Å². The molecule has 104 valence electrons. The second kappa shape index (κ2) is 6.10. The van der Waals surface area contributed by atoms with E-state index in [9.17, 15) is 9.90 Å². The van der Waals surface area contributed by atoms with E-state index in [0.717, 1.165) is 11.1 Å². The fourth-order valence-electron chi connectivity index (χ4n) is 1.72. The minimum absolute atomic E-state index is 0.0115. The van der Waals surface area contributed by atoms with Crippen LogP contribution in [-0.4, -0.2) is 18.2 Å². The lowest BCUT2D eigenvalue weighted by molar-refractivity contribution is 0.0472. The lowest BCUT2D eigenvalue weighted by Crippen LogP contribution is -2.05. The van der Waals surface area contributed by atoms with Gasteiger partial charge in [-0.2, -0.15) is 0 Å². The fourth-order valence-corrected chi connectivity index (χ4v) is 1.72. The Kier molecular flexibility index (Phi) is 4.25. The summed E-state index contributed by atoms with van der Waals surface area (Å²) in [6.45, 7) is 2.21. The summed E-state index contributed by atoms with van der Waals surface area (Å²) < 4.78 is 10.2. The van der Waals surface area contributed by atoms with Crippen LogP contribution in [0.2, 0.25) is 0 Å². The maximum Gasteiger partial charge on any atom is 0.338 e. The van der Waals surface area contributed by atoms with Gasteiger partial charge in [0.25, 0.3) is 0 Å². The Morgan fingerprint density at radius 2 is 1.85 bits per heavy atom. The predicted octanol–water partition coefficient (Wildman–Crippen LogP) is 3.07. The Bertz CT molecular complexity index is 602. The van der Waals surface area contributed by atoms with E-state index in [1.165, 1.54) is 25.3 Å². The Morgan fingerprint density at radius 1 is 1.15 bits per heavy atom. The van der Waals surface area contributed by atoms with Crippen LogP contribution in [0.4, 0.5) is 0 Å². The SMILES string of the molecule is COc1cc(C(=O)OCc2ccc(C)cc2)ccc1O. The second-order valence-electron chi connectivity index (χ2n) is 4.45. The van der Waals surface area contributed by atoms with Crippen molar-refractivity contribution in [2.45, 2.75) is 13.5 Å². The third-order valence-corrected chi connectivity index (χ3v) is 2.91. The zero-order valence-electron chi connectivity index (χ0n) is 11.4. The molecule has 0 saturated carbocycles. The summed E-state index contributed by atoms with van der Waals surface area (Å²) in [6, 6.07) is 12.1. The van der Waals surface area contributed by atoms with Crippen molar-refractivity contribution in [1.29, 1.82) is 0 Å². The molecule has 0 heterocycles. The first-order valence-corrected chi connectivity index (χ1v) is 6.20. The molecule has 0 aliphatic heterocycles. The van der Waals surface area contributed by atoms with Gasteiger partial charge in [0.05, 0.1) is 12.7 Å². The molecule has 4 heteroatoms. The largest absolute Gasteiger partial charge is 0.504 e. The number of rotatable bonds is 4. The van der Waals surface area contributed by atoms with Crippen LogP contribution in [0.1, 0.15) is 21.5 Å². The molecular weight excluding hydrogens is 256 g/mol. The lowest BCUT2D eigenvalue weighted by atomic mass is 10.1. The van der Waals surface area contributed by atoms with E-state index in [4.69, 9.17) is 9.47 Å². The van der Waals surface area contributed by atoms with Crippen molar-refractivity contribution < 1.29 is 19.4 Å². The van der Waals surface area contributed by atoms with Gasteiger partial charge in [-0.25, -0.2) is 4.79 Å². The average molecular weight is 272 g/mol. The third-order valence-electron chi connectivity index (χ3n) is 2.91. The van der Waals surface area contributed by atoms with E-state index < -0.39 is 5.97 Å². The summed E-state index contributed by atoms with van der Waals surface area (Å²) in [5.41, 5.74) is 2.42. The Labute approximate surface area is 117 Å². The molecule has 0 radical (unpaired) electrons. The quantitative estimate of drug-likeness (QED) is 0.869. The number of carbonyl (C=O) groups is 1. The van der Waals surface area contributed by atoms with E-state index in [1.807, 2.05) is 31.2 Å². The zero-order valence-corrected chi connectivity index (χ0v) is 11.4. The number of aromatic hydroxyl groups is 1. The van der Waals surface area contributed by atoms with Gasteiger partial charge in [-0.1, -0.05) is 29.8 Å². The Hall–Kier alpha value is -2.49. The van der Waals surface area contributed by atoms with Crippen LogP contribution < -0.4 is 4.74 Å². The van der Waals surface area contributed by atoms with Crippen LogP contribution in [0.15, 0.2) is 42.5 Å². The normalized spacial score (nSPS) is 10.1. The summed E-state index contributed by atoms with van der Waals surface area (Å²) in [6.07, 6.45) is 0. The van der Waals surface area contributed by atoms with Crippen LogP contribution >= 0.6 is 0 Å². The maximum absolute atomic E-state index is 11.9. The average Bonchev–Trinajstić information content (AvgIpc) is 2.47. The summed E-state index contributed by atoms with van der Waals surface area (Å²) >= 11 is 0. The van der Waals surface area contributed by atoms with Crippen LogP contribution in [0.5, 0.6) is 11.5 Å². The molecule has 0 aromatic heterocycles. The summed E-state index contributed by atoms with van der Waals surface area (Å²) in [4.78, 5) is 11.9. The monoisotopic (exact) mass is 272 g/mol. The molecule has 0 fully saturated rings. The number of ether oxygens (including phenoxy) is 2. The molecule has 0 atom stereocenters. The number of phenols is 1. The van der Waals surface area contributed by atoms with E-state index in [2.05, 4.69) is 0 Å². The zero-order chi connectivity index (χ0) is 14.5. The molecule has 0 aliphatic rings. The molecular formula is C16H16O4. The van der Waals surface area contributed by atoms with Crippen molar-refractivity contribution in [2.75, 3.05) is 7.11 Å². The second-order valence-corrected chi connectivity index (χ2v) is 4.45. The van der Waals surface area contributed by atoms with Gasteiger partial charge in [0.1, 0.15) is 6.61 Å². The van der Waals surface area contributed by atoms with Gasteiger partial charge in [-0.15, -0.1) is 0 Å². The topological polar surface area (TPSA) is 55.8 Å². The molecule has 0 spiro atoms. The number of hydrogen-bond donors (Lipinski definition) is 1. The van der Waals surface area contributed by atoms with Crippen LogP contribution in [-0.2, 0) is 11.3 Å². The minimum atomic E-state index is -0.455. The highest BCUT2D eigenvalue weighted by Gasteiger charge is 2.11. The Balaban J connectivity index is 2.03. The van der Waals surface area contributed by atoms with Crippen molar-refractivity contribution in [3.8, 4) is 11.5 Å². The highest BCUT2D eigenvalue weighted by atomic mass is 16.5. The number of methoxy groups -OCH3 is 1. The van der Waals surface area contributed by atoms with Crippen molar-refractivity contribution in [2.24, 2.45) is 0 Å². The molecule has 20 heavy (non-hydrogen) atoms. The molecule has 1 N–H and O–H groups in total. The van der Waals surface area contributed by atoms with Crippen LogP contribution in [0.3, 0.4) is 0 Å². The van der Waals surface area contributed by atoms with Crippen LogP contribution in [0, 0.1) is 6.92 Å². The molecule has 4 nitrogen and oxygen atoms in total. The first kappa shape index (κ1) is 13.9. The van der Waals surface area contributed by atoms with Gasteiger partial charge in [0, 0.05) is 0 Å². The van der Waals surface area contributed by atoms with Gasteiger partial charge in [0.2, 0.25) is 0 Å². The van der Waals surface area contributed by atoms with Gasteiger partial charge >= 0.3 is 5.97 Å². The number of esters is 1. The van der Waals surface area contributed by atoms with Gasteiger partial charge < -0.3 is 14.6 Å². The van der Waals surface area contributed by atoms with Crippen molar-refractivity contribution in [1.82, 2.24) is 0 Å². The number of hydrogen-bond acceptors (Lipinski definition) is 4. The first-order chi connectivity index (χ1) is 9.60. The number of benzene rings is 2. The molecule has 2 aromatic carbocycles. The number of phenolic OH excluding ortho intramolecular Hbond substituents is 1. The van der Waals surface area contributed by atoms with Crippen molar-refractivity contribution in [3.05, 3.63) is 59.2 Å². The molecule has 0 saturated heterocycles. The van der Waals surface area contributed by atoms with Crippen molar-refractivity contribution in [3.63, 3.8) is 0 Å². The molecule has 0 aliphatic carbocycles. The number of aryl methyl sites for hydroxylation is 1. The standard InChI is InChI=1S/C16H16O4/c1-11-3-5-12(6-4-11)10-20-16(18)13-7-8-14(17)15(9-13)19-2/h3-9,17H,10H2,1-2H3. The molecule has 0 unspecified atom stereocenters. The van der Waals surface area contributed by atoms with E-state index >= 15 is 0 Å². The van der Waals surface area contributed by atoms with Gasteiger partial charge in [-0.3, -0.25) is 0 Å². The molecule has 0 bridgehead atoms. The van der Waals surface area contributed by atoms with E-state index in [0.29, 0.717) is 5.56 Å².